The van der Waals surface area contributed by atoms with E-state index in [9.17, 15) is 5.26 Å². The summed E-state index contributed by atoms with van der Waals surface area (Å²) in [5.74, 6) is 1.53. The Kier molecular flexibility index (Phi) is 5.74. The van der Waals surface area contributed by atoms with E-state index in [1.165, 1.54) is 5.56 Å². The van der Waals surface area contributed by atoms with Crippen LogP contribution in [-0.2, 0) is 6.54 Å². The Balaban J connectivity index is 1.63. The van der Waals surface area contributed by atoms with Crippen molar-refractivity contribution in [2.24, 2.45) is 0 Å². The number of likely N-dealkylation sites (N-methyl/N-ethyl adjacent to an activating group) is 1. The van der Waals surface area contributed by atoms with Crippen LogP contribution in [0.25, 0.3) is 0 Å². The first-order chi connectivity index (χ1) is 14.1. The first kappa shape index (κ1) is 19.7. The molecule has 4 heterocycles. The van der Waals surface area contributed by atoms with Gasteiger partial charge in [-0.05, 0) is 51.9 Å². The van der Waals surface area contributed by atoms with Gasteiger partial charge in [-0.15, -0.1) is 0 Å². The summed E-state index contributed by atoms with van der Waals surface area (Å²) in [5.41, 5.74) is 3.84. The first-order valence-electron chi connectivity index (χ1n) is 10.4. The van der Waals surface area contributed by atoms with E-state index in [0.717, 1.165) is 68.6 Å². The smallest absolute Gasteiger partial charge is 0.150 e. The summed E-state index contributed by atoms with van der Waals surface area (Å²) >= 11 is 0. The Morgan fingerprint density at radius 2 is 1.93 bits per heavy atom. The number of aryl methyl sites for hydroxylation is 2. The fourth-order valence-corrected chi connectivity index (χ4v) is 4.45. The molecule has 7 heteroatoms. The number of anilines is 1. The van der Waals surface area contributed by atoms with E-state index in [4.69, 9.17) is 4.98 Å². The van der Waals surface area contributed by atoms with E-state index in [0.29, 0.717) is 12.1 Å². The number of pyridine rings is 1. The molecule has 0 aromatic carbocycles. The van der Waals surface area contributed by atoms with Gasteiger partial charge in [-0.25, -0.2) is 9.97 Å². The number of hydrogen-bond donors (Lipinski definition) is 0. The largest absolute Gasteiger partial charge is 0.353 e. The van der Waals surface area contributed by atoms with E-state index in [1.807, 2.05) is 19.2 Å². The summed E-state index contributed by atoms with van der Waals surface area (Å²) in [6, 6.07) is 6.81. The van der Waals surface area contributed by atoms with Crippen molar-refractivity contribution in [2.45, 2.75) is 39.3 Å². The highest BCUT2D eigenvalue weighted by atomic mass is 15.3. The molecule has 2 fully saturated rings. The SMILES string of the molecule is Cc1nc(CN2CCC[C@H]2c2ncccc2C)c(C#N)c(N2CCN(C)CC2)n1. The molecule has 0 N–H and O–H groups in total. The number of nitriles is 1. The van der Waals surface area contributed by atoms with Gasteiger partial charge < -0.3 is 9.80 Å². The molecule has 2 aliphatic heterocycles. The van der Waals surface area contributed by atoms with Gasteiger partial charge in [0, 0.05) is 38.9 Å². The molecule has 0 radical (unpaired) electrons. The number of piperazine rings is 1. The monoisotopic (exact) mass is 391 g/mol. The minimum absolute atomic E-state index is 0.283. The molecule has 0 aliphatic carbocycles. The maximum atomic E-state index is 9.98. The lowest BCUT2D eigenvalue weighted by molar-refractivity contribution is 0.240. The van der Waals surface area contributed by atoms with Crippen molar-refractivity contribution < 1.29 is 0 Å². The lowest BCUT2D eigenvalue weighted by Gasteiger charge is -2.34. The molecule has 4 rings (SSSR count). The minimum atomic E-state index is 0.283. The van der Waals surface area contributed by atoms with Crippen LogP contribution in [0.2, 0.25) is 0 Å². The van der Waals surface area contributed by atoms with Crippen LogP contribution < -0.4 is 4.90 Å². The molecule has 0 bridgehead atoms. The molecule has 2 aromatic heterocycles. The fourth-order valence-electron chi connectivity index (χ4n) is 4.45. The second kappa shape index (κ2) is 8.44. The lowest BCUT2D eigenvalue weighted by atomic mass is 10.1. The van der Waals surface area contributed by atoms with E-state index < -0.39 is 0 Å². The van der Waals surface area contributed by atoms with Gasteiger partial charge >= 0.3 is 0 Å². The van der Waals surface area contributed by atoms with Crippen LogP contribution in [0.5, 0.6) is 0 Å². The normalized spacial score (nSPS) is 20.8. The van der Waals surface area contributed by atoms with Crippen LogP contribution in [0.15, 0.2) is 18.3 Å². The summed E-state index contributed by atoms with van der Waals surface area (Å²) in [6.45, 7) is 9.45. The van der Waals surface area contributed by atoms with Crippen LogP contribution in [0.1, 0.15) is 47.2 Å². The molecule has 1 atom stereocenters. The van der Waals surface area contributed by atoms with Crippen molar-refractivity contribution in [1.29, 1.82) is 5.26 Å². The molecule has 0 saturated carbocycles. The summed E-state index contributed by atoms with van der Waals surface area (Å²) in [4.78, 5) is 21.0. The second-order valence-corrected chi connectivity index (χ2v) is 8.15. The highest BCUT2D eigenvalue weighted by Crippen LogP contribution is 2.34. The van der Waals surface area contributed by atoms with Gasteiger partial charge in [0.15, 0.2) is 5.82 Å². The first-order valence-corrected chi connectivity index (χ1v) is 10.4. The Morgan fingerprint density at radius 1 is 1.14 bits per heavy atom. The zero-order valence-corrected chi connectivity index (χ0v) is 17.6. The van der Waals surface area contributed by atoms with Gasteiger partial charge in [0.1, 0.15) is 17.5 Å². The third-order valence-electron chi connectivity index (χ3n) is 6.07. The zero-order valence-electron chi connectivity index (χ0n) is 17.6. The molecule has 29 heavy (non-hydrogen) atoms. The summed E-state index contributed by atoms with van der Waals surface area (Å²) in [7, 11) is 2.13. The Morgan fingerprint density at radius 3 is 2.66 bits per heavy atom. The third-order valence-corrected chi connectivity index (χ3v) is 6.07. The van der Waals surface area contributed by atoms with Gasteiger partial charge in [-0.1, -0.05) is 6.07 Å². The van der Waals surface area contributed by atoms with Crippen molar-refractivity contribution in [3.63, 3.8) is 0 Å². The van der Waals surface area contributed by atoms with Crippen molar-refractivity contribution in [3.8, 4) is 6.07 Å². The van der Waals surface area contributed by atoms with Crippen molar-refractivity contribution in [2.75, 3.05) is 44.7 Å². The average molecular weight is 392 g/mol. The maximum absolute atomic E-state index is 9.98. The summed E-state index contributed by atoms with van der Waals surface area (Å²) in [5, 5.41) is 9.98. The minimum Gasteiger partial charge on any atom is -0.353 e. The predicted octanol–water partition coefficient (Wildman–Crippen LogP) is 2.45. The fraction of sp³-hybridized carbons (Fsp3) is 0.545. The van der Waals surface area contributed by atoms with E-state index >= 15 is 0 Å². The zero-order chi connectivity index (χ0) is 20.4. The average Bonchev–Trinajstić information content (AvgIpc) is 3.16. The standard InChI is InChI=1S/C22H29N7/c1-16-6-4-8-24-21(16)20-7-5-9-29(20)15-19-18(14-23)22(26-17(2)25-19)28-12-10-27(3)11-13-28/h4,6,8,20H,5,7,9-13,15H2,1-3H3/t20-/m0/s1. The molecule has 2 aromatic rings. The number of rotatable bonds is 4. The number of nitrogens with zero attached hydrogens (tertiary/aromatic N) is 7. The van der Waals surface area contributed by atoms with Crippen LogP contribution in [0.3, 0.4) is 0 Å². The second-order valence-electron chi connectivity index (χ2n) is 8.15. The molecule has 0 unspecified atom stereocenters. The van der Waals surface area contributed by atoms with Gasteiger partial charge in [0.05, 0.1) is 17.4 Å². The molecule has 7 nitrogen and oxygen atoms in total. The lowest BCUT2D eigenvalue weighted by Crippen LogP contribution is -2.45. The van der Waals surface area contributed by atoms with E-state index in [-0.39, 0.29) is 6.04 Å². The number of aromatic nitrogens is 3. The van der Waals surface area contributed by atoms with Crippen LogP contribution in [0, 0.1) is 25.2 Å². The van der Waals surface area contributed by atoms with Crippen LogP contribution in [0.4, 0.5) is 5.82 Å². The number of hydrogen-bond acceptors (Lipinski definition) is 7. The molecule has 2 aliphatic rings. The van der Waals surface area contributed by atoms with E-state index in [1.54, 1.807) is 0 Å². The molecule has 0 spiro atoms. The Hall–Kier alpha value is -2.56. The molecule has 152 valence electrons. The number of likely N-dealkylation sites (tertiary alicyclic amines) is 1. The molecular formula is C22H29N7. The Labute approximate surface area is 173 Å². The Bertz CT molecular complexity index is 912. The van der Waals surface area contributed by atoms with Crippen molar-refractivity contribution >= 4 is 5.82 Å². The van der Waals surface area contributed by atoms with Gasteiger partial charge in [0.2, 0.25) is 0 Å². The van der Waals surface area contributed by atoms with Crippen LogP contribution >= 0.6 is 0 Å². The quantitative estimate of drug-likeness (QED) is 0.793. The molecular weight excluding hydrogens is 362 g/mol. The van der Waals surface area contributed by atoms with Crippen molar-refractivity contribution in [1.82, 2.24) is 24.8 Å². The summed E-state index contributed by atoms with van der Waals surface area (Å²) in [6.07, 6.45) is 4.10. The predicted molar refractivity (Wildman–Crippen MR) is 113 cm³/mol. The van der Waals surface area contributed by atoms with Gasteiger partial charge in [-0.2, -0.15) is 5.26 Å². The van der Waals surface area contributed by atoms with Crippen LogP contribution in [-0.4, -0.2) is 64.5 Å². The highest BCUT2D eigenvalue weighted by Gasteiger charge is 2.30. The van der Waals surface area contributed by atoms with Crippen molar-refractivity contribution in [3.05, 3.63) is 46.7 Å². The van der Waals surface area contributed by atoms with E-state index in [2.05, 4.69) is 50.8 Å². The van der Waals surface area contributed by atoms with Gasteiger partial charge in [0.25, 0.3) is 0 Å². The topological polar surface area (TPSA) is 72.2 Å². The third kappa shape index (κ3) is 4.09. The molecule has 2 saturated heterocycles. The summed E-state index contributed by atoms with van der Waals surface area (Å²) < 4.78 is 0. The highest BCUT2D eigenvalue weighted by molar-refractivity contribution is 5.56. The van der Waals surface area contributed by atoms with Gasteiger partial charge in [-0.3, -0.25) is 9.88 Å². The molecule has 0 amide bonds. The maximum Gasteiger partial charge on any atom is 0.150 e.